The molecule has 0 amide bonds. The highest BCUT2D eigenvalue weighted by molar-refractivity contribution is 5.57. The van der Waals surface area contributed by atoms with E-state index in [4.69, 9.17) is 0 Å². The number of hydrogen-bond acceptors (Lipinski definition) is 5. The van der Waals surface area contributed by atoms with E-state index in [0.717, 1.165) is 22.4 Å². The highest BCUT2D eigenvalue weighted by Gasteiger charge is 2.31. The van der Waals surface area contributed by atoms with Crippen molar-refractivity contribution in [1.82, 2.24) is 10.2 Å². The number of fused-ring (bicyclic) bond motifs is 1. The molecule has 0 saturated heterocycles. The fourth-order valence-electron chi connectivity index (χ4n) is 2.74. The third-order valence-corrected chi connectivity index (χ3v) is 4.06. The van der Waals surface area contributed by atoms with Crippen LogP contribution < -0.4 is 5.32 Å². The SMILES string of the molecule is Cc1nnc(N[C@@H]2c3ccccc3C[C@@H]2O)c(C#N)c1C. The van der Waals surface area contributed by atoms with E-state index in [2.05, 4.69) is 21.6 Å². The lowest BCUT2D eigenvalue weighted by molar-refractivity contribution is 0.165. The molecule has 21 heavy (non-hydrogen) atoms. The summed E-state index contributed by atoms with van der Waals surface area (Å²) in [5, 5.41) is 30.9. The molecule has 1 aromatic carbocycles. The molecule has 0 unspecified atom stereocenters. The van der Waals surface area contributed by atoms with Crippen molar-refractivity contribution >= 4 is 5.82 Å². The summed E-state index contributed by atoms with van der Waals surface area (Å²) in [7, 11) is 0. The molecule has 1 heterocycles. The van der Waals surface area contributed by atoms with E-state index in [1.807, 2.05) is 38.1 Å². The van der Waals surface area contributed by atoms with Crippen LogP contribution in [0.15, 0.2) is 24.3 Å². The number of benzene rings is 1. The van der Waals surface area contributed by atoms with Crippen molar-refractivity contribution in [1.29, 1.82) is 5.26 Å². The van der Waals surface area contributed by atoms with Gasteiger partial charge in [0.2, 0.25) is 0 Å². The first-order chi connectivity index (χ1) is 10.1. The topological polar surface area (TPSA) is 81.8 Å². The Bertz CT molecular complexity index is 736. The zero-order valence-corrected chi connectivity index (χ0v) is 12.0. The predicted molar refractivity (Wildman–Crippen MR) is 78.7 cm³/mol. The molecule has 0 spiro atoms. The van der Waals surface area contributed by atoms with Crippen LogP contribution in [0.4, 0.5) is 5.82 Å². The van der Waals surface area contributed by atoms with Gasteiger partial charge in [0.1, 0.15) is 11.6 Å². The van der Waals surface area contributed by atoms with E-state index in [1.165, 1.54) is 0 Å². The maximum atomic E-state index is 10.3. The number of nitrogens with one attached hydrogen (secondary N) is 1. The molecule has 106 valence electrons. The van der Waals surface area contributed by atoms with Crippen LogP contribution in [-0.4, -0.2) is 21.4 Å². The first kappa shape index (κ1) is 13.5. The Labute approximate surface area is 123 Å². The number of anilines is 1. The van der Waals surface area contributed by atoms with E-state index in [-0.39, 0.29) is 6.04 Å². The maximum absolute atomic E-state index is 10.3. The Morgan fingerprint density at radius 3 is 2.81 bits per heavy atom. The molecule has 0 fully saturated rings. The number of nitrogens with zero attached hydrogens (tertiary/aromatic N) is 3. The quantitative estimate of drug-likeness (QED) is 0.879. The monoisotopic (exact) mass is 280 g/mol. The second-order valence-corrected chi connectivity index (χ2v) is 5.34. The van der Waals surface area contributed by atoms with Crippen LogP contribution in [0.3, 0.4) is 0 Å². The number of hydrogen-bond donors (Lipinski definition) is 2. The Morgan fingerprint density at radius 1 is 1.29 bits per heavy atom. The molecule has 2 atom stereocenters. The van der Waals surface area contributed by atoms with Gasteiger partial charge in [0, 0.05) is 6.42 Å². The van der Waals surface area contributed by atoms with Gasteiger partial charge >= 0.3 is 0 Å². The first-order valence-electron chi connectivity index (χ1n) is 6.88. The molecule has 5 heteroatoms. The molecule has 1 aromatic heterocycles. The molecular formula is C16H16N4O. The van der Waals surface area contributed by atoms with Gasteiger partial charge in [0.25, 0.3) is 0 Å². The molecule has 0 radical (unpaired) electrons. The van der Waals surface area contributed by atoms with E-state index < -0.39 is 6.10 Å². The standard InChI is InChI=1S/C16H16N4O/c1-9-10(2)19-20-16(13(9)8-17)18-15-12-6-4-3-5-11(12)7-14(15)21/h3-6,14-15,21H,7H2,1-2H3,(H,18,20)/t14-,15+/m0/s1. The van der Waals surface area contributed by atoms with E-state index in [0.29, 0.717) is 17.8 Å². The van der Waals surface area contributed by atoms with Gasteiger partial charge in [0.15, 0.2) is 5.82 Å². The van der Waals surface area contributed by atoms with Gasteiger partial charge in [-0.3, -0.25) is 0 Å². The minimum atomic E-state index is -0.530. The highest BCUT2D eigenvalue weighted by Crippen LogP contribution is 2.34. The van der Waals surface area contributed by atoms with Gasteiger partial charge in [-0.25, -0.2) is 0 Å². The largest absolute Gasteiger partial charge is 0.390 e. The predicted octanol–water partition coefficient (Wildman–Crippen LogP) is 2.04. The summed E-state index contributed by atoms with van der Waals surface area (Å²) >= 11 is 0. The lowest BCUT2D eigenvalue weighted by Gasteiger charge is -2.19. The zero-order chi connectivity index (χ0) is 15.0. The van der Waals surface area contributed by atoms with Gasteiger partial charge < -0.3 is 10.4 Å². The van der Waals surface area contributed by atoms with E-state index >= 15 is 0 Å². The van der Waals surface area contributed by atoms with Crippen LogP contribution in [0.5, 0.6) is 0 Å². The Morgan fingerprint density at radius 2 is 2.05 bits per heavy atom. The normalized spacial score (nSPS) is 19.9. The fraction of sp³-hybridized carbons (Fsp3) is 0.312. The summed E-state index contributed by atoms with van der Waals surface area (Å²) in [6, 6.07) is 9.82. The third kappa shape index (κ3) is 2.24. The number of aliphatic hydroxyl groups is 1. The van der Waals surface area contributed by atoms with Crippen LogP contribution in [0.25, 0.3) is 0 Å². The van der Waals surface area contributed by atoms with Crippen LogP contribution >= 0.6 is 0 Å². The minimum Gasteiger partial charge on any atom is -0.390 e. The van der Waals surface area contributed by atoms with Gasteiger partial charge in [-0.1, -0.05) is 24.3 Å². The second-order valence-electron chi connectivity index (χ2n) is 5.34. The lowest BCUT2D eigenvalue weighted by Crippen LogP contribution is -2.22. The van der Waals surface area contributed by atoms with Crippen molar-refractivity contribution in [2.75, 3.05) is 5.32 Å². The summed E-state index contributed by atoms with van der Waals surface area (Å²) in [6.07, 6.45) is 0.0749. The molecule has 5 nitrogen and oxygen atoms in total. The van der Waals surface area contributed by atoms with Gasteiger partial charge in [0.05, 0.1) is 17.8 Å². The zero-order valence-electron chi connectivity index (χ0n) is 12.0. The van der Waals surface area contributed by atoms with Crippen molar-refractivity contribution in [2.45, 2.75) is 32.4 Å². The number of rotatable bonds is 2. The first-order valence-corrected chi connectivity index (χ1v) is 6.88. The maximum Gasteiger partial charge on any atom is 0.167 e. The third-order valence-electron chi connectivity index (χ3n) is 4.06. The van der Waals surface area contributed by atoms with Crippen molar-refractivity contribution in [2.24, 2.45) is 0 Å². The van der Waals surface area contributed by atoms with Crippen molar-refractivity contribution in [3.05, 3.63) is 52.2 Å². The number of aliphatic hydroxyl groups excluding tert-OH is 1. The number of nitriles is 1. The molecule has 0 aliphatic heterocycles. The summed E-state index contributed by atoms with van der Waals surface area (Å²) < 4.78 is 0. The molecular weight excluding hydrogens is 264 g/mol. The van der Waals surface area contributed by atoms with Crippen LogP contribution in [0.1, 0.15) is 34.0 Å². The van der Waals surface area contributed by atoms with E-state index in [1.54, 1.807) is 0 Å². The lowest BCUT2D eigenvalue weighted by atomic mass is 10.1. The van der Waals surface area contributed by atoms with Gasteiger partial charge in [-0.2, -0.15) is 10.4 Å². The Hall–Kier alpha value is -2.45. The molecule has 2 aromatic rings. The van der Waals surface area contributed by atoms with Crippen molar-refractivity contribution in [3.8, 4) is 6.07 Å². The number of aromatic nitrogens is 2. The Kier molecular flexibility index (Phi) is 3.32. The second kappa shape index (κ2) is 5.15. The molecule has 0 saturated carbocycles. The van der Waals surface area contributed by atoms with Crippen LogP contribution in [0.2, 0.25) is 0 Å². The average Bonchev–Trinajstić information content (AvgIpc) is 2.79. The smallest absolute Gasteiger partial charge is 0.167 e. The van der Waals surface area contributed by atoms with Crippen molar-refractivity contribution in [3.63, 3.8) is 0 Å². The molecule has 1 aliphatic carbocycles. The molecule has 0 bridgehead atoms. The van der Waals surface area contributed by atoms with Crippen LogP contribution in [-0.2, 0) is 6.42 Å². The Balaban J connectivity index is 1.99. The van der Waals surface area contributed by atoms with Gasteiger partial charge in [-0.15, -0.1) is 5.10 Å². The minimum absolute atomic E-state index is 0.260. The molecule has 1 aliphatic rings. The summed E-state index contributed by atoms with van der Waals surface area (Å²) in [5.41, 5.74) is 4.21. The molecule has 2 N–H and O–H groups in total. The van der Waals surface area contributed by atoms with Crippen LogP contribution in [0, 0.1) is 25.2 Å². The summed E-state index contributed by atoms with van der Waals surface area (Å²) in [6.45, 7) is 3.68. The average molecular weight is 280 g/mol. The fourth-order valence-corrected chi connectivity index (χ4v) is 2.74. The highest BCUT2D eigenvalue weighted by atomic mass is 16.3. The summed E-state index contributed by atoms with van der Waals surface area (Å²) in [5.74, 6) is 0.432. The van der Waals surface area contributed by atoms with Crippen molar-refractivity contribution < 1.29 is 5.11 Å². The number of aryl methyl sites for hydroxylation is 1. The van der Waals surface area contributed by atoms with Gasteiger partial charge in [-0.05, 0) is 30.5 Å². The van der Waals surface area contributed by atoms with E-state index in [9.17, 15) is 10.4 Å². The molecule has 3 rings (SSSR count). The summed E-state index contributed by atoms with van der Waals surface area (Å²) in [4.78, 5) is 0.